The predicted octanol–water partition coefficient (Wildman–Crippen LogP) is 6.45. The average Bonchev–Trinajstić information content (AvgIpc) is 3.33. The highest BCUT2D eigenvalue weighted by Crippen LogP contribution is 2.28. The summed E-state index contributed by atoms with van der Waals surface area (Å²) in [5.74, 6) is 0. The van der Waals surface area contributed by atoms with Crippen LogP contribution in [-0.2, 0) is 0 Å². The van der Waals surface area contributed by atoms with E-state index in [1.807, 2.05) is 24.3 Å². The topological polar surface area (TPSA) is 91.8 Å². The summed E-state index contributed by atoms with van der Waals surface area (Å²) in [5.41, 5.74) is 15.0. The van der Waals surface area contributed by atoms with E-state index in [0.717, 1.165) is 44.7 Å². The van der Waals surface area contributed by atoms with E-state index >= 15 is 0 Å². The first kappa shape index (κ1) is 21.9. The van der Waals surface area contributed by atoms with Crippen LogP contribution >= 0.6 is 0 Å². The number of piperidine rings is 1. The van der Waals surface area contributed by atoms with Gasteiger partial charge in [0.15, 0.2) is 0 Å². The molecule has 0 radical (unpaired) electrons. The van der Waals surface area contributed by atoms with Gasteiger partial charge in [-0.2, -0.15) is 0 Å². The van der Waals surface area contributed by atoms with Gasteiger partial charge in [-0.15, -0.1) is 0 Å². The van der Waals surface area contributed by atoms with Crippen LogP contribution in [0.3, 0.4) is 0 Å². The number of fused-ring (bicyclic) bond motifs is 1. The average molecular weight is 452 g/mol. The molecule has 0 saturated carbocycles. The molecule has 0 bridgehead atoms. The van der Waals surface area contributed by atoms with Crippen molar-refractivity contribution in [3.8, 4) is 11.3 Å². The van der Waals surface area contributed by atoms with Crippen LogP contribution in [0.2, 0.25) is 0 Å². The molecule has 0 atom stereocenters. The highest BCUT2D eigenvalue weighted by Gasteiger charge is 2.19. The summed E-state index contributed by atoms with van der Waals surface area (Å²) in [6.07, 6.45) is 2.27. The maximum absolute atomic E-state index is 8.48. The quantitative estimate of drug-likeness (QED) is 0.124. The Morgan fingerprint density at radius 3 is 2.56 bits per heavy atom. The molecule has 3 aromatic carbocycles. The molecule has 4 aromatic rings. The Bertz CT molecular complexity index is 1250. The summed E-state index contributed by atoms with van der Waals surface area (Å²) in [7, 11) is 0. The van der Waals surface area contributed by atoms with E-state index < -0.39 is 0 Å². The zero-order chi connectivity index (χ0) is 23.2. The van der Waals surface area contributed by atoms with Crippen molar-refractivity contribution in [2.45, 2.75) is 18.9 Å². The van der Waals surface area contributed by atoms with Crippen molar-refractivity contribution in [1.82, 2.24) is 10.3 Å². The van der Waals surface area contributed by atoms with Crippen LogP contribution in [0.5, 0.6) is 0 Å². The highest BCUT2D eigenvalue weighted by molar-refractivity contribution is 5.86. The van der Waals surface area contributed by atoms with Gasteiger partial charge in [-0.3, -0.25) is 0 Å². The van der Waals surface area contributed by atoms with Gasteiger partial charge >= 0.3 is 0 Å². The molecule has 1 aromatic heterocycles. The van der Waals surface area contributed by atoms with E-state index in [1.165, 1.54) is 27.8 Å². The second-order valence-electron chi connectivity index (χ2n) is 8.70. The van der Waals surface area contributed by atoms with Gasteiger partial charge in [0.05, 0.1) is 0 Å². The zero-order valence-electron chi connectivity index (χ0n) is 19.1. The molecule has 34 heavy (non-hydrogen) atoms. The molecular formula is C27H29N7. The van der Waals surface area contributed by atoms with Crippen molar-refractivity contribution < 1.29 is 0 Å². The molecule has 5 rings (SSSR count). The number of hydrogen-bond donors (Lipinski definition) is 3. The second kappa shape index (κ2) is 10.3. The molecule has 0 aliphatic carbocycles. The number of para-hydroxylation sites is 1. The Labute approximate surface area is 199 Å². The number of H-pyrrole nitrogens is 1. The van der Waals surface area contributed by atoms with E-state index in [4.69, 9.17) is 5.53 Å². The number of hydrogen-bond acceptors (Lipinski definition) is 4. The molecule has 0 unspecified atom stereocenters. The van der Waals surface area contributed by atoms with E-state index in [-0.39, 0.29) is 0 Å². The standard InChI is InChI=1S/C27H29N7/c28-33-32-24-10-8-22(9-11-24)29-14-15-30-23-12-16-34(17-13-23)25-6-3-5-20(18-25)27-19-21-4-1-2-7-26(21)31-27/h1-11,18-19,23,29-31H,12-17H2. The Hall–Kier alpha value is -3.93. The SMILES string of the molecule is [N-]=[N+]=Nc1ccc(NCCNC2CCN(c3cccc(-c4cc5ccccc5[nH]4)c3)CC2)cc1. The van der Waals surface area contributed by atoms with Gasteiger partial charge in [-0.25, -0.2) is 0 Å². The Morgan fingerprint density at radius 1 is 0.941 bits per heavy atom. The third-order valence-corrected chi connectivity index (χ3v) is 6.46. The van der Waals surface area contributed by atoms with Gasteiger partial charge in [0.25, 0.3) is 0 Å². The summed E-state index contributed by atoms with van der Waals surface area (Å²) >= 11 is 0. The summed E-state index contributed by atoms with van der Waals surface area (Å²) < 4.78 is 0. The van der Waals surface area contributed by atoms with Crippen LogP contribution in [0.4, 0.5) is 17.1 Å². The van der Waals surface area contributed by atoms with Crippen LogP contribution in [-0.4, -0.2) is 37.2 Å². The number of aromatic nitrogens is 1. The van der Waals surface area contributed by atoms with Gasteiger partial charge in [0, 0.05) is 70.8 Å². The lowest BCUT2D eigenvalue weighted by atomic mass is 10.0. The van der Waals surface area contributed by atoms with Gasteiger partial charge < -0.3 is 20.5 Å². The number of azide groups is 1. The molecule has 1 aliphatic heterocycles. The third-order valence-electron chi connectivity index (χ3n) is 6.46. The Morgan fingerprint density at radius 2 is 1.76 bits per heavy atom. The van der Waals surface area contributed by atoms with E-state index in [1.54, 1.807) is 0 Å². The molecule has 3 N–H and O–H groups in total. The van der Waals surface area contributed by atoms with Gasteiger partial charge in [0.1, 0.15) is 0 Å². The zero-order valence-corrected chi connectivity index (χ0v) is 19.1. The monoisotopic (exact) mass is 451 g/mol. The van der Waals surface area contributed by atoms with Crippen LogP contribution in [0.1, 0.15) is 12.8 Å². The maximum Gasteiger partial charge on any atom is 0.0465 e. The predicted molar refractivity (Wildman–Crippen MR) is 141 cm³/mol. The minimum absolute atomic E-state index is 0.544. The van der Waals surface area contributed by atoms with Crippen LogP contribution in [0.25, 0.3) is 32.6 Å². The first-order valence-corrected chi connectivity index (χ1v) is 11.8. The molecule has 7 nitrogen and oxygen atoms in total. The molecule has 172 valence electrons. The smallest absolute Gasteiger partial charge is 0.0465 e. The minimum atomic E-state index is 0.544. The van der Waals surface area contributed by atoms with Crippen molar-refractivity contribution in [3.63, 3.8) is 0 Å². The molecule has 7 heteroatoms. The minimum Gasteiger partial charge on any atom is -0.384 e. The van der Waals surface area contributed by atoms with Crippen molar-refractivity contribution in [3.05, 3.63) is 89.3 Å². The second-order valence-corrected chi connectivity index (χ2v) is 8.70. The van der Waals surface area contributed by atoms with Gasteiger partial charge in [-0.1, -0.05) is 47.6 Å². The number of nitrogens with one attached hydrogen (secondary N) is 3. The molecule has 0 spiro atoms. The van der Waals surface area contributed by atoms with Gasteiger partial charge in [-0.05, 0) is 60.3 Å². The normalized spacial score (nSPS) is 14.2. The molecule has 1 fully saturated rings. The van der Waals surface area contributed by atoms with Crippen molar-refractivity contribution >= 4 is 28.0 Å². The van der Waals surface area contributed by atoms with E-state index in [2.05, 4.69) is 85.1 Å². The Balaban J connectivity index is 1.10. The maximum atomic E-state index is 8.48. The third kappa shape index (κ3) is 5.17. The first-order valence-electron chi connectivity index (χ1n) is 11.8. The largest absolute Gasteiger partial charge is 0.384 e. The van der Waals surface area contributed by atoms with Crippen LogP contribution in [0.15, 0.2) is 84.0 Å². The van der Waals surface area contributed by atoms with Crippen LogP contribution < -0.4 is 15.5 Å². The first-order chi connectivity index (χ1) is 16.8. The lowest BCUT2D eigenvalue weighted by Crippen LogP contribution is -2.43. The van der Waals surface area contributed by atoms with E-state index in [9.17, 15) is 0 Å². The molecular weight excluding hydrogens is 422 g/mol. The summed E-state index contributed by atoms with van der Waals surface area (Å²) in [5, 5.41) is 11.9. The van der Waals surface area contributed by atoms with Gasteiger partial charge in [0.2, 0.25) is 0 Å². The molecule has 0 amide bonds. The van der Waals surface area contributed by atoms with Crippen LogP contribution in [0, 0.1) is 0 Å². The highest BCUT2D eigenvalue weighted by atomic mass is 15.1. The number of rotatable bonds is 8. The lowest BCUT2D eigenvalue weighted by Gasteiger charge is -2.34. The summed E-state index contributed by atoms with van der Waals surface area (Å²) in [6.45, 7) is 3.89. The number of aromatic amines is 1. The summed E-state index contributed by atoms with van der Waals surface area (Å²) in [6, 6.07) is 27.6. The fourth-order valence-electron chi connectivity index (χ4n) is 4.62. The van der Waals surface area contributed by atoms with Crippen molar-refractivity contribution in [1.29, 1.82) is 0 Å². The fourth-order valence-corrected chi connectivity index (χ4v) is 4.62. The number of anilines is 2. The molecule has 1 saturated heterocycles. The Kier molecular flexibility index (Phi) is 6.66. The number of benzene rings is 3. The molecule has 1 aliphatic rings. The number of nitrogens with zero attached hydrogens (tertiary/aromatic N) is 4. The molecule has 2 heterocycles. The van der Waals surface area contributed by atoms with Crippen molar-refractivity contribution in [2.75, 3.05) is 36.4 Å². The fraction of sp³-hybridized carbons (Fsp3) is 0.259. The van der Waals surface area contributed by atoms with E-state index in [0.29, 0.717) is 11.7 Å². The summed E-state index contributed by atoms with van der Waals surface area (Å²) in [4.78, 5) is 8.84. The lowest BCUT2D eigenvalue weighted by molar-refractivity contribution is 0.421. The van der Waals surface area contributed by atoms with Crippen molar-refractivity contribution in [2.24, 2.45) is 5.11 Å².